The highest BCUT2D eigenvalue weighted by molar-refractivity contribution is 7.11. The average Bonchev–Trinajstić information content (AvgIpc) is 2.88. The molecular weight excluding hydrogens is 228 g/mol. The van der Waals surface area contributed by atoms with Crippen LogP contribution < -0.4 is 0 Å². The summed E-state index contributed by atoms with van der Waals surface area (Å²) in [5.74, 6) is 0. The van der Waals surface area contributed by atoms with Gasteiger partial charge in [0.2, 0.25) is 0 Å². The lowest BCUT2D eigenvalue weighted by atomic mass is 10.1. The number of aryl methyl sites for hydroxylation is 1. The van der Waals surface area contributed by atoms with Gasteiger partial charge < -0.3 is 0 Å². The minimum atomic E-state index is 0.715. The zero-order valence-corrected chi connectivity index (χ0v) is 11.7. The van der Waals surface area contributed by atoms with Gasteiger partial charge in [-0.05, 0) is 45.4 Å². The summed E-state index contributed by atoms with van der Waals surface area (Å²) < 4.78 is 0. The fraction of sp³-hybridized carbons (Fsp3) is 0.714. The molecule has 0 saturated carbocycles. The first kappa shape index (κ1) is 11.7. The summed E-state index contributed by atoms with van der Waals surface area (Å²) in [5.41, 5.74) is 0. The first-order chi connectivity index (χ1) is 8.22. The molecule has 2 fully saturated rings. The maximum atomic E-state index is 2.70. The minimum Gasteiger partial charge on any atom is -0.298 e. The summed E-state index contributed by atoms with van der Waals surface area (Å²) in [4.78, 5) is 8.34. The largest absolute Gasteiger partial charge is 0.298 e. The van der Waals surface area contributed by atoms with E-state index in [1.165, 1.54) is 42.2 Å². The second-order valence-electron chi connectivity index (χ2n) is 5.58. The third kappa shape index (κ3) is 2.42. The van der Waals surface area contributed by atoms with E-state index in [0.717, 1.165) is 12.6 Å². The second kappa shape index (κ2) is 4.71. The van der Waals surface area contributed by atoms with Crippen molar-refractivity contribution in [2.24, 2.45) is 0 Å². The molecule has 3 heterocycles. The van der Waals surface area contributed by atoms with Crippen LogP contribution in [-0.4, -0.2) is 41.5 Å². The van der Waals surface area contributed by atoms with E-state index in [1.807, 2.05) is 11.3 Å². The molecule has 0 N–H and O–H groups in total. The van der Waals surface area contributed by atoms with Crippen molar-refractivity contribution in [3.8, 4) is 0 Å². The molecule has 0 amide bonds. The summed E-state index contributed by atoms with van der Waals surface area (Å²) in [6.45, 7) is 9.62. The van der Waals surface area contributed by atoms with Gasteiger partial charge in [0.25, 0.3) is 0 Å². The molecule has 2 saturated heterocycles. The van der Waals surface area contributed by atoms with Crippen molar-refractivity contribution in [1.29, 1.82) is 0 Å². The van der Waals surface area contributed by atoms with Crippen molar-refractivity contribution < 1.29 is 0 Å². The van der Waals surface area contributed by atoms with Crippen LogP contribution in [0.3, 0.4) is 0 Å². The predicted octanol–water partition coefficient (Wildman–Crippen LogP) is 2.73. The Hall–Kier alpha value is -0.380. The third-order valence-electron chi connectivity index (χ3n) is 4.22. The van der Waals surface area contributed by atoms with Gasteiger partial charge >= 0.3 is 0 Å². The standard InChI is InChI=1S/C14H22N2S/c1-11-8-15-7-3-4-13(15)9-16(11)10-14-6-5-12(2)17-14/h5-6,11,13H,3-4,7-10H2,1-2H3/t11-,13?/m0/s1. The first-order valence-electron chi connectivity index (χ1n) is 6.76. The molecule has 0 bridgehead atoms. The van der Waals surface area contributed by atoms with E-state index >= 15 is 0 Å². The molecule has 3 heteroatoms. The normalized spacial score (nSPS) is 30.7. The van der Waals surface area contributed by atoms with Crippen LogP contribution in [0.4, 0.5) is 0 Å². The monoisotopic (exact) mass is 250 g/mol. The minimum absolute atomic E-state index is 0.715. The zero-order valence-electron chi connectivity index (χ0n) is 10.9. The van der Waals surface area contributed by atoms with Crippen LogP contribution in [0.1, 0.15) is 29.5 Å². The summed E-state index contributed by atoms with van der Waals surface area (Å²) in [6, 6.07) is 6.10. The quantitative estimate of drug-likeness (QED) is 0.796. The highest BCUT2D eigenvalue weighted by Crippen LogP contribution is 2.27. The maximum Gasteiger partial charge on any atom is 0.0332 e. The van der Waals surface area contributed by atoms with Crippen LogP contribution in [0.5, 0.6) is 0 Å². The predicted molar refractivity (Wildman–Crippen MR) is 73.5 cm³/mol. The van der Waals surface area contributed by atoms with E-state index in [-0.39, 0.29) is 0 Å². The molecule has 0 aromatic carbocycles. The van der Waals surface area contributed by atoms with Crippen molar-refractivity contribution in [1.82, 2.24) is 9.80 Å². The fourth-order valence-corrected chi connectivity index (χ4v) is 4.15. The number of thiophene rings is 1. The van der Waals surface area contributed by atoms with E-state index in [0.29, 0.717) is 6.04 Å². The zero-order chi connectivity index (χ0) is 11.8. The van der Waals surface area contributed by atoms with Crippen LogP contribution in [0.15, 0.2) is 12.1 Å². The molecule has 0 aliphatic carbocycles. The number of fused-ring (bicyclic) bond motifs is 1. The third-order valence-corrected chi connectivity index (χ3v) is 5.21. The molecule has 0 radical (unpaired) electrons. The molecule has 1 aromatic heterocycles. The fourth-order valence-electron chi connectivity index (χ4n) is 3.24. The Bertz CT molecular complexity index is 387. The topological polar surface area (TPSA) is 6.48 Å². The molecule has 0 spiro atoms. The van der Waals surface area contributed by atoms with Crippen LogP contribution in [-0.2, 0) is 6.54 Å². The summed E-state index contributed by atoms with van der Waals surface area (Å²) in [6.07, 6.45) is 2.82. The summed E-state index contributed by atoms with van der Waals surface area (Å²) >= 11 is 1.95. The van der Waals surface area contributed by atoms with Gasteiger partial charge in [-0.15, -0.1) is 11.3 Å². The molecule has 2 aliphatic rings. The molecular formula is C14H22N2S. The van der Waals surface area contributed by atoms with Crippen molar-refractivity contribution in [3.05, 3.63) is 21.9 Å². The summed E-state index contributed by atoms with van der Waals surface area (Å²) in [7, 11) is 0. The van der Waals surface area contributed by atoms with Gasteiger partial charge in [-0.25, -0.2) is 0 Å². The van der Waals surface area contributed by atoms with E-state index < -0.39 is 0 Å². The Morgan fingerprint density at radius 3 is 3.00 bits per heavy atom. The van der Waals surface area contributed by atoms with Gasteiger partial charge in [0.15, 0.2) is 0 Å². The Balaban J connectivity index is 1.66. The first-order valence-corrected chi connectivity index (χ1v) is 7.57. The Morgan fingerprint density at radius 1 is 1.35 bits per heavy atom. The number of nitrogens with zero attached hydrogens (tertiary/aromatic N) is 2. The van der Waals surface area contributed by atoms with Crippen LogP contribution in [0.25, 0.3) is 0 Å². The van der Waals surface area contributed by atoms with Crippen molar-refractivity contribution >= 4 is 11.3 Å². The van der Waals surface area contributed by atoms with Gasteiger partial charge in [-0.3, -0.25) is 9.80 Å². The van der Waals surface area contributed by atoms with Gasteiger partial charge in [-0.2, -0.15) is 0 Å². The Morgan fingerprint density at radius 2 is 2.24 bits per heavy atom. The molecule has 94 valence electrons. The van der Waals surface area contributed by atoms with E-state index in [4.69, 9.17) is 0 Å². The van der Waals surface area contributed by atoms with Crippen LogP contribution in [0.2, 0.25) is 0 Å². The average molecular weight is 250 g/mol. The maximum absolute atomic E-state index is 2.70. The lowest BCUT2D eigenvalue weighted by molar-refractivity contribution is 0.0547. The van der Waals surface area contributed by atoms with Gasteiger partial charge in [-0.1, -0.05) is 0 Å². The lowest BCUT2D eigenvalue weighted by Crippen LogP contribution is -2.54. The Labute approximate surface area is 108 Å². The van der Waals surface area contributed by atoms with E-state index in [1.54, 1.807) is 0 Å². The highest BCUT2D eigenvalue weighted by Gasteiger charge is 2.34. The molecule has 3 rings (SSSR count). The number of hydrogen-bond acceptors (Lipinski definition) is 3. The number of hydrogen-bond donors (Lipinski definition) is 0. The lowest BCUT2D eigenvalue weighted by Gasteiger charge is -2.42. The highest BCUT2D eigenvalue weighted by atomic mass is 32.1. The van der Waals surface area contributed by atoms with E-state index in [9.17, 15) is 0 Å². The number of rotatable bonds is 2. The molecule has 2 nitrogen and oxygen atoms in total. The summed E-state index contributed by atoms with van der Waals surface area (Å²) in [5, 5.41) is 0. The van der Waals surface area contributed by atoms with E-state index in [2.05, 4.69) is 35.8 Å². The molecule has 1 unspecified atom stereocenters. The molecule has 2 aliphatic heterocycles. The molecule has 17 heavy (non-hydrogen) atoms. The van der Waals surface area contributed by atoms with Crippen LogP contribution >= 0.6 is 11.3 Å². The number of piperazine rings is 1. The van der Waals surface area contributed by atoms with Gasteiger partial charge in [0, 0.05) is 41.5 Å². The van der Waals surface area contributed by atoms with Gasteiger partial charge in [0.1, 0.15) is 0 Å². The Kier molecular flexibility index (Phi) is 3.24. The van der Waals surface area contributed by atoms with Crippen molar-refractivity contribution in [2.75, 3.05) is 19.6 Å². The van der Waals surface area contributed by atoms with Crippen LogP contribution in [0, 0.1) is 6.92 Å². The van der Waals surface area contributed by atoms with Crippen molar-refractivity contribution in [3.63, 3.8) is 0 Å². The smallest absolute Gasteiger partial charge is 0.0332 e. The molecule has 1 aromatic rings. The van der Waals surface area contributed by atoms with Gasteiger partial charge in [0.05, 0.1) is 0 Å². The second-order valence-corrected chi connectivity index (χ2v) is 6.95. The molecule has 2 atom stereocenters. The SMILES string of the molecule is Cc1ccc(CN2CC3CCCN3C[C@@H]2C)s1. The van der Waals surface area contributed by atoms with Crippen molar-refractivity contribution in [2.45, 2.75) is 45.3 Å².